The zero-order valence-electron chi connectivity index (χ0n) is 15.7. The summed E-state index contributed by atoms with van der Waals surface area (Å²) >= 11 is 0. The molecule has 7 heteroatoms. The van der Waals surface area contributed by atoms with E-state index in [0.717, 1.165) is 5.56 Å². The second-order valence-corrected chi connectivity index (χ2v) is 5.77. The number of carbonyl (C=O) groups is 1. The van der Waals surface area contributed by atoms with Crippen LogP contribution in [0.5, 0.6) is 11.5 Å². The number of amides is 1. The van der Waals surface area contributed by atoms with Crippen LogP contribution < -0.4 is 26.3 Å². The quantitative estimate of drug-likeness (QED) is 0.486. The smallest absolute Gasteiger partial charge is 0.221 e. The lowest BCUT2D eigenvalue weighted by atomic mass is 9.96. The Morgan fingerprint density at radius 2 is 1.93 bits per heavy atom. The van der Waals surface area contributed by atoms with Gasteiger partial charge in [-0.3, -0.25) is 4.79 Å². The number of ether oxygens (including phenoxy) is 3. The number of benzene rings is 2. The number of methoxy groups -OCH3 is 2. The van der Waals surface area contributed by atoms with Crippen molar-refractivity contribution in [1.29, 1.82) is 0 Å². The van der Waals surface area contributed by atoms with Gasteiger partial charge < -0.3 is 31.0 Å². The number of nitrogen functional groups attached to an aromatic ring is 1. The van der Waals surface area contributed by atoms with Gasteiger partial charge in [-0.15, -0.1) is 0 Å². The molecule has 0 spiro atoms. The van der Waals surface area contributed by atoms with Crippen LogP contribution in [0.2, 0.25) is 0 Å². The maximum Gasteiger partial charge on any atom is 0.221 e. The summed E-state index contributed by atoms with van der Waals surface area (Å²) in [7, 11) is 3.15. The third-order valence-corrected chi connectivity index (χ3v) is 3.83. The summed E-state index contributed by atoms with van der Waals surface area (Å²) in [6.45, 7) is 2.27. The molecule has 0 bridgehead atoms. The van der Waals surface area contributed by atoms with Crippen LogP contribution >= 0.6 is 0 Å². The summed E-state index contributed by atoms with van der Waals surface area (Å²) in [6.07, 6.45) is 1.48. The molecule has 2 aromatic carbocycles. The Labute approximate surface area is 158 Å². The van der Waals surface area contributed by atoms with Crippen LogP contribution in [0, 0.1) is 0 Å². The van der Waals surface area contributed by atoms with E-state index in [1.807, 2.05) is 18.2 Å². The van der Waals surface area contributed by atoms with Gasteiger partial charge in [0.1, 0.15) is 6.61 Å². The van der Waals surface area contributed by atoms with Crippen LogP contribution in [0.25, 0.3) is 5.57 Å². The maximum absolute atomic E-state index is 11.3. The molecule has 0 unspecified atom stereocenters. The average Bonchev–Trinajstić information content (AvgIpc) is 2.64. The van der Waals surface area contributed by atoms with Gasteiger partial charge in [0.2, 0.25) is 5.91 Å². The summed E-state index contributed by atoms with van der Waals surface area (Å²) < 4.78 is 16.1. The fourth-order valence-electron chi connectivity index (χ4n) is 2.63. The zero-order chi connectivity index (χ0) is 19.8. The highest BCUT2D eigenvalue weighted by atomic mass is 16.5. The van der Waals surface area contributed by atoms with Crippen molar-refractivity contribution in [3.63, 3.8) is 0 Å². The molecule has 144 valence electrons. The molecule has 0 aromatic heterocycles. The highest BCUT2D eigenvalue weighted by molar-refractivity contribution is 5.91. The van der Waals surface area contributed by atoms with E-state index in [4.69, 9.17) is 25.7 Å². The highest BCUT2D eigenvalue weighted by Crippen LogP contribution is 2.37. The first-order valence-corrected chi connectivity index (χ1v) is 8.39. The number of anilines is 2. The molecular weight excluding hydrogens is 346 g/mol. The van der Waals surface area contributed by atoms with Crippen molar-refractivity contribution in [1.82, 2.24) is 0 Å². The van der Waals surface area contributed by atoms with Crippen molar-refractivity contribution >= 4 is 22.9 Å². The van der Waals surface area contributed by atoms with E-state index in [9.17, 15) is 4.79 Å². The van der Waals surface area contributed by atoms with Crippen molar-refractivity contribution in [3.8, 4) is 11.5 Å². The fraction of sp³-hybridized carbons (Fsp3) is 0.250. The van der Waals surface area contributed by atoms with E-state index >= 15 is 0 Å². The van der Waals surface area contributed by atoms with Crippen LogP contribution in [0.3, 0.4) is 0 Å². The molecule has 0 aliphatic carbocycles. The molecule has 0 aliphatic heterocycles. The zero-order valence-corrected chi connectivity index (χ0v) is 15.7. The first-order chi connectivity index (χ1) is 13.0. The molecule has 2 aromatic rings. The van der Waals surface area contributed by atoms with Crippen LogP contribution in [0.4, 0.5) is 11.4 Å². The van der Waals surface area contributed by atoms with E-state index < -0.39 is 0 Å². The number of carbonyl (C=O) groups excluding carboxylic acids is 1. The normalized spacial score (nSPS) is 11.1. The Kier molecular flexibility index (Phi) is 7.08. The lowest BCUT2D eigenvalue weighted by Gasteiger charge is -2.17. The van der Waals surface area contributed by atoms with Crippen LogP contribution in [-0.2, 0) is 9.53 Å². The van der Waals surface area contributed by atoms with Gasteiger partial charge in [-0.1, -0.05) is 12.1 Å². The molecule has 0 saturated heterocycles. The van der Waals surface area contributed by atoms with Crippen LogP contribution in [-0.4, -0.2) is 33.3 Å². The first kappa shape index (κ1) is 20.1. The molecule has 0 radical (unpaired) electrons. The third kappa shape index (κ3) is 5.15. The van der Waals surface area contributed by atoms with Gasteiger partial charge in [-0.05, 0) is 23.8 Å². The molecule has 0 fully saturated rings. The van der Waals surface area contributed by atoms with Crippen molar-refractivity contribution in [3.05, 3.63) is 53.7 Å². The molecule has 0 atom stereocenters. The van der Waals surface area contributed by atoms with E-state index in [-0.39, 0.29) is 5.91 Å². The van der Waals surface area contributed by atoms with Crippen LogP contribution in [0.1, 0.15) is 18.1 Å². The number of hydrogen-bond acceptors (Lipinski definition) is 6. The largest absolute Gasteiger partial charge is 0.493 e. The fourth-order valence-corrected chi connectivity index (χ4v) is 2.63. The number of nitrogens with one attached hydrogen (secondary N) is 1. The summed E-state index contributed by atoms with van der Waals surface area (Å²) in [5.74, 6) is 0.912. The summed E-state index contributed by atoms with van der Waals surface area (Å²) in [6, 6.07) is 10.8. The van der Waals surface area contributed by atoms with Crippen LogP contribution in [0.15, 0.2) is 42.6 Å². The van der Waals surface area contributed by atoms with Crippen molar-refractivity contribution < 1.29 is 19.0 Å². The Bertz CT molecular complexity index is 834. The maximum atomic E-state index is 11.3. The monoisotopic (exact) mass is 371 g/mol. The first-order valence-electron chi connectivity index (χ1n) is 8.39. The van der Waals surface area contributed by atoms with Gasteiger partial charge in [0.25, 0.3) is 0 Å². The minimum Gasteiger partial charge on any atom is -0.493 e. The summed E-state index contributed by atoms with van der Waals surface area (Å²) in [5, 5.41) is 2.76. The minimum absolute atomic E-state index is 0.150. The molecule has 0 heterocycles. The second kappa shape index (κ2) is 9.49. The lowest BCUT2D eigenvalue weighted by molar-refractivity contribution is -0.114. The van der Waals surface area contributed by atoms with Crippen molar-refractivity contribution in [2.45, 2.75) is 6.92 Å². The third-order valence-electron chi connectivity index (χ3n) is 3.83. The molecule has 7 nitrogen and oxygen atoms in total. The number of rotatable bonds is 8. The standard InChI is InChI=1S/C20H25N3O4/c1-13(24)23-15-6-4-5-14(9-15)17(12-21)16-10-20(27-8-7-25-2)19(26-3)11-18(16)22/h4-6,9-12H,7-8,21-22H2,1-3H3,(H,23,24)/b17-12-. The van der Waals surface area contributed by atoms with Crippen molar-refractivity contribution in [2.75, 3.05) is 38.5 Å². The summed E-state index contributed by atoms with van der Waals surface area (Å²) in [4.78, 5) is 11.3. The highest BCUT2D eigenvalue weighted by Gasteiger charge is 2.15. The van der Waals surface area contributed by atoms with Gasteiger partial charge in [0.15, 0.2) is 11.5 Å². The molecule has 27 heavy (non-hydrogen) atoms. The lowest BCUT2D eigenvalue weighted by Crippen LogP contribution is -2.07. The van der Waals surface area contributed by atoms with E-state index in [1.54, 1.807) is 32.4 Å². The van der Waals surface area contributed by atoms with E-state index in [2.05, 4.69) is 5.32 Å². The molecule has 5 N–H and O–H groups in total. The Morgan fingerprint density at radius 3 is 2.56 bits per heavy atom. The SMILES string of the molecule is COCCOc1cc(/C(=C\N)c2cccc(NC(C)=O)c2)c(N)cc1OC. The molecular formula is C20H25N3O4. The topological polar surface area (TPSA) is 109 Å². The Balaban J connectivity index is 2.44. The van der Waals surface area contributed by atoms with Crippen molar-refractivity contribution in [2.24, 2.45) is 5.73 Å². The summed E-state index contributed by atoms with van der Waals surface area (Å²) in [5.41, 5.74) is 15.5. The van der Waals surface area contributed by atoms with Gasteiger partial charge in [-0.2, -0.15) is 0 Å². The molecule has 0 saturated carbocycles. The van der Waals surface area contributed by atoms with Gasteiger partial charge >= 0.3 is 0 Å². The van der Waals surface area contributed by atoms with Gasteiger partial charge in [0.05, 0.1) is 13.7 Å². The van der Waals surface area contributed by atoms with Gasteiger partial charge in [-0.25, -0.2) is 0 Å². The average molecular weight is 371 g/mol. The molecule has 0 aliphatic rings. The second-order valence-electron chi connectivity index (χ2n) is 5.77. The Morgan fingerprint density at radius 1 is 1.15 bits per heavy atom. The Hall–Kier alpha value is -3.19. The number of nitrogens with two attached hydrogens (primary N) is 2. The van der Waals surface area contributed by atoms with E-state index in [1.165, 1.54) is 13.1 Å². The molecule has 1 amide bonds. The van der Waals surface area contributed by atoms with E-state index in [0.29, 0.717) is 47.2 Å². The predicted octanol–water partition coefficient (Wildman–Crippen LogP) is 2.61. The predicted molar refractivity (Wildman–Crippen MR) is 107 cm³/mol. The molecule has 2 rings (SSSR count). The van der Waals surface area contributed by atoms with Gasteiger partial charge in [0, 0.05) is 48.8 Å². The number of hydrogen-bond donors (Lipinski definition) is 3. The minimum atomic E-state index is -0.150.